The predicted octanol–water partition coefficient (Wildman–Crippen LogP) is 1.39. The first-order valence-electron chi connectivity index (χ1n) is 3.28. The van der Waals surface area contributed by atoms with Crippen LogP contribution in [0.4, 0.5) is 0 Å². The van der Waals surface area contributed by atoms with E-state index in [1.54, 1.807) is 0 Å². The summed E-state index contributed by atoms with van der Waals surface area (Å²) >= 11 is 5.75. The highest BCUT2D eigenvalue weighted by molar-refractivity contribution is 6.30. The molecular formula is C8H11ClN+. The molecule has 0 spiro atoms. The van der Waals surface area contributed by atoms with Gasteiger partial charge in [0.05, 0.1) is 6.54 Å². The number of benzene rings is 1. The van der Waals surface area contributed by atoms with Crippen LogP contribution in [0.3, 0.4) is 0 Å². The van der Waals surface area contributed by atoms with Crippen LogP contribution in [0.5, 0.6) is 0 Å². The number of halogens is 1. The standard InChI is InChI=1S/C8H10ClN/c1-6-4-8(9)3-2-7(6)5-10/h2-4H,5,10H2,1H3/p+1. The second kappa shape index (κ2) is 3.04. The van der Waals surface area contributed by atoms with Crippen LogP contribution in [0.15, 0.2) is 18.2 Å². The summed E-state index contributed by atoms with van der Waals surface area (Å²) in [6.07, 6.45) is 0. The minimum absolute atomic E-state index is 0.801. The summed E-state index contributed by atoms with van der Waals surface area (Å²) in [4.78, 5) is 0. The summed E-state index contributed by atoms with van der Waals surface area (Å²) < 4.78 is 0. The van der Waals surface area contributed by atoms with Gasteiger partial charge in [0.25, 0.3) is 0 Å². The minimum Gasteiger partial charge on any atom is -0.354 e. The second-order valence-electron chi connectivity index (χ2n) is 2.32. The molecule has 0 heterocycles. The van der Waals surface area contributed by atoms with Gasteiger partial charge in [0, 0.05) is 10.6 Å². The van der Waals surface area contributed by atoms with Crippen molar-refractivity contribution in [3.63, 3.8) is 0 Å². The Labute approximate surface area is 65.8 Å². The molecule has 0 saturated carbocycles. The first-order valence-corrected chi connectivity index (χ1v) is 3.66. The van der Waals surface area contributed by atoms with Gasteiger partial charge in [-0.1, -0.05) is 17.7 Å². The van der Waals surface area contributed by atoms with Crippen molar-refractivity contribution in [1.82, 2.24) is 0 Å². The molecule has 0 amide bonds. The Morgan fingerprint density at radius 1 is 1.50 bits per heavy atom. The minimum atomic E-state index is 0.801. The Morgan fingerprint density at radius 2 is 2.20 bits per heavy atom. The van der Waals surface area contributed by atoms with Crippen LogP contribution in [0.25, 0.3) is 0 Å². The van der Waals surface area contributed by atoms with Gasteiger partial charge in [0.15, 0.2) is 0 Å². The number of hydrogen-bond acceptors (Lipinski definition) is 0. The normalized spacial score (nSPS) is 9.90. The molecule has 10 heavy (non-hydrogen) atoms. The monoisotopic (exact) mass is 156 g/mol. The fourth-order valence-corrected chi connectivity index (χ4v) is 1.17. The quantitative estimate of drug-likeness (QED) is 0.637. The molecule has 0 radical (unpaired) electrons. The second-order valence-corrected chi connectivity index (χ2v) is 2.76. The van der Waals surface area contributed by atoms with Gasteiger partial charge < -0.3 is 5.73 Å². The lowest BCUT2D eigenvalue weighted by Crippen LogP contribution is -2.47. The van der Waals surface area contributed by atoms with E-state index < -0.39 is 0 Å². The van der Waals surface area contributed by atoms with Crippen molar-refractivity contribution in [3.8, 4) is 0 Å². The van der Waals surface area contributed by atoms with Gasteiger partial charge in [0.1, 0.15) is 0 Å². The Morgan fingerprint density at radius 3 is 2.70 bits per heavy atom. The van der Waals surface area contributed by atoms with E-state index in [9.17, 15) is 0 Å². The van der Waals surface area contributed by atoms with Gasteiger partial charge >= 0.3 is 0 Å². The Bertz CT molecular complexity index is 233. The molecule has 54 valence electrons. The molecule has 2 heteroatoms. The highest BCUT2D eigenvalue weighted by Gasteiger charge is 1.96. The average Bonchev–Trinajstić information content (AvgIpc) is 1.88. The fourth-order valence-electron chi connectivity index (χ4n) is 0.940. The first-order chi connectivity index (χ1) is 4.74. The molecule has 0 aliphatic rings. The van der Waals surface area contributed by atoms with E-state index in [0.29, 0.717) is 0 Å². The van der Waals surface area contributed by atoms with E-state index >= 15 is 0 Å². The molecule has 0 aliphatic heterocycles. The lowest BCUT2D eigenvalue weighted by molar-refractivity contribution is -0.386. The Kier molecular flexibility index (Phi) is 2.30. The van der Waals surface area contributed by atoms with E-state index in [0.717, 1.165) is 11.6 Å². The summed E-state index contributed by atoms with van der Waals surface area (Å²) in [5, 5.41) is 0.801. The lowest BCUT2D eigenvalue weighted by Gasteiger charge is -1.99. The highest BCUT2D eigenvalue weighted by Crippen LogP contribution is 2.13. The van der Waals surface area contributed by atoms with Crippen LogP contribution in [-0.2, 0) is 6.54 Å². The van der Waals surface area contributed by atoms with E-state index in [4.69, 9.17) is 11.6 Å². The maximum atomic E-state index is 5.75. The summed E-state index contributed by atoms with van der Waals surface area (Å²) in [7, 11) is 0. The molecule has 0 aliphatic carbocycles. The van der Waals surface area contributed by atoms with E-state index in [1.807, 2.05) is 25.1 Å². The van der Waals surface area contributed by atoms with Gasteiger partial charge in [-0.2, -0.15) is 0 Å². The molecule has 1 nitrogen and oxygen atoms in total. The Balaban J connectivity index is 3.07. The third-order valence-corrected chi connectivity index (χ3v) is 1.81. The van der Waals surface area contributed by atoms with Crippen molar-refractivity contribution in [1.29, 1.82) is 0 Å². The summed E-state index contributed by atoms with van der Waals surface area (Å²) in [5.74, 6) is 0. The largest absolute Gasteiger partial charge is 0.354 e. The zero-order valence-corrected chi connectivity index (χ0v) is 6.78. The molecule has 1 rings (SSSR count). The maximum absolute atomic E-state index is 5.75. The molecule has 1 aromatic rings. The number of hydrogen-bond donors (Lipinski definition) is 1. The Hall–Kier alpha value is -0.530. The molecule has 1 aromatic carbocycles. The third-order valence-electron chi connectivity index (χ3n) is 1.57. The number of aryl methyl sites for hydroxylation is 1. The van der Waals surface area contributed by atoms with Crippen molar-refractivity contribution in [3.05, 3.63) is 34.3 Å². The van der Waals surface area contributed by atoms with Crippen LogP contribution in [0.2, 0.25) is 5.02 Å². The van der Waals surface area contributed by atoms with Gasteiger partial charge in [-0.25, -0.2) is 0 Å². The van der Waals surface area contributed by atoms with E-state index in [1.165, 1.54) is 11.1 Å². The zero-order valence-electron chi connectivity index (χ0n) is 6.02. The smallest absolute Gasteiger partial charge is 0.0999 e. The van der Waals surface area contributed by atoms with E-state index in [2.05, 4.69) is 5.73 Å². The van der Waals surface area contributed by atoms with Crippen LogP contribution in [0, 0.1) is 6.92 Å². The number of rotatable bonds is 1. The molecule has 0 atom stereocenters. The summed E-state index contributed by atoms with van der Waals surface area (Å²) in [6.45, 7) is 2.88. The van der Waals surface area contributed by atoms with Crippen LogP contribution < -0.4 is 5.73 Å². The maximum Gasteiger partial charge on any atom is 0.0999 e. The van der Waals surface area contributed by atoms with Crippen LogP contribution in [-0.4, -0.2) is 0 Å². The molecule has 3 N–H and O–H groups in total. The van der Waals surface area contributed by atoms with Crippen molar-refractivity contribution >= 4 is 11.6 Å². The predicted molar refractivity (Wildman–Crippen MR) is 42.8 cm³/mol. The SMILES string of the molecule is Cc1cc(Cl)ccc1C[NH3+]. The van der Waals surface area contributed by atoms with Gasteiger partial charge in [0.2, 0.25) is 0 Å². The molecule has 0 fully saturated rings. The molecule has 0 unspecified atom stereocenters. The van der Waals surface area contributed by atoms with Crippen LogP contribution >= 0.6 is 11.6 Å². The highest BCUT2D eigenvalue weighted by atomic mass is 35.5. The third kappa shape index (κ3) is 1.49. The zero-order chi connectivity index (χ0) is 7.56. The average molecular weight is 157 g/mol. The van der Waals surface area contributed by atoms with Gasteiger partial charge in [-0.15, -0.1) is 0 Å². The first kappa shape index (κ1) is 7.58. The van der Waals surface area contributed by atoms with Crippen molar-refractivity contribution in [2.45, 2.75) is 13.5 Å². The number of quaternary nitrogens is 1. The molecular weight excluding hydrogens is 146 g/mol. The van der Waals surface area contributed by atoms with Gasteiger partial charge in [-0.3, -0.25) is 0 Å². The fraction of sp³-hybridized carbons (Fsp3) is 0.250. The molecule has 0 aromatic heterocycles. The van der Waals surface area contributed by atoms with Crippen molar-refractivity contribution in [2.24, 2.45) is 0 Å². The molecule has 0 saturated heterocycles. The topological polar surface area (TPSA) is 27.6 Å². The van der Waals surface area contributed by atoms with Crippen LogP contribution in [0.1, 0.15) is 11.1 Å². The summed E-state index contributed by atoms with van der Waals surface area (Å²) in [5.41, 5.74) is 6.30. The van der Waals surface area contributed by atoms with Gasteiger partial charge in [-0.05, 0) is 24.6 Å². The summed E-state index contributed by atoms with van der Waals surface area (Å²) in [6, 6.07) is 5.88. The van der Waals surface area contributed by atoms with E-state index in [-0.39, 0.29) is 0 Å². The van der Waals surface area contributed by atoms with Crippen molar-refractivity contribution in [2.75, 3.05) is 0 Å². The molecule has 0 bridgehead atoms. The lowest BCUT2D eigenvalue weighted by atomic mass is 10.1. The van der Waals surface area contributed by atoms with Crippen molar-refractivity contribution < 1.29 is 5.73 Å².